The average molecular weight is 288 g/mol. The fourth-order valence-corrected chi connectivity index (χ4v) is 2.15. The van der Waals surface area contributed by atoms with Crippen molar-refractivity contribution < 1.29 is 14.3 Å². The number of aryl methyl sites for hydroxylation is 2. The zero-order valence-electron chi connectivity index (χ0n) is 12.4. The van der Waals surface area contributed by atoms with E-state index >= 15 is 0 Å². The van der Waals surface area contributed by atoms with Gasteiger partial charge in [-0.2, -0.15) is 0 Å². The van der Waals surface area contributed by atoms with Gasteiger partial charge in [0.2, 0.25) is 0 Å². The van der Waals surface area contributed by atoms with Crippen LogP contribution in [0.2, 0.25) is 0 Å². The SMILES string of the molecule is CCc1nccn1CCCOc1ccc(C=O)cc1OC. The number of aldehydes is 1. The van der Waals surface area contributed by atoms with Gasteiger partial charge in [-0.25, -0.2) is 4.98 Å². The number of benzene rings is 1. The molecule has 0 radical (unpaired) electrons. The Bertz CT molecular complexity index is 593. The van der Waals surface area contributed by atoms with Gasteiger partial charge in [0.1, 0.15) is 12.1 Å². The van der Waals surface area contributed by atoms with Crippen molar-refractivity contribution in [2.24, 2.45) is 0 Å². The second-order valence-electron chi connectivity index (χ2n) is 4.62. The number of methoxy groups -OCH3 is 1. The fraction of sp³-hybridized carbons (Fsp3) is 0.375. The molecule has 0 aliphatic carbocycles. The van der Waals surface area contributed by atoms with E-state index in [0.717, 1.165) is 31.5 Å². The fourth-order valence-electron chi connectivity index (χ4n) is 2.15. The normalized spacial score (nSPS) is 10.4. The van der Waals surface area contributed by atoms with E-state index in [2.05, 4.69) is 16.5 Å². The minimum atomic E-state index is 0.574. The number of hydrogen-bond acceptors (Lipinski definition) is 4. The number of hydrogen-bond donors (Lipinski definition) is 0. The molecule has 0 N–H and O–H groups in total. The van der Waals surface area contributed by atoms with E-state index in [-0.39, 0.29) is 0 Å². The molecule has 0 unspecified atom stereocenters. The van der Waals surface area contributed by atoms with Gasteiger partial charge < -0.3 is 14.0 Å². The highest BCUT2D eigenvalue weighted by Crippen LogP contribution is 2.27. The molecule has 0 amide bonds. The first kappa shape index (κ1) is 15.1. The van der Waals surface area contributed by atoms with Crippen LogP contribution < -0.4 is 9.47 Å². The number of rotatable bonds is 8. The molecule has 0 spiro atoms. The van der Waals surface area contributed by atoms with Crippen molar-refractivity contribution in [3.63, 3.8) is 0 Å². The Kier molecular flexibility index (Phi) is 5.37. The van der Waals surface area contributed by atoms with Gasteiger partial charge >= 0.3 is 0 Å². The molecule has 0 aliphatic rings. The van der Waals surface area contributed by atoms with Crippen LogP contribution in [0.15, 0.2) is 30.6 Å². The molecule has 2 rings (SSSR count). The van der Waals surface area contributed by atoms with Crippen molar-refractivity contribution in [3.8, 4) is 11.5 Å². The van der Waals surface area contributed by atoms with Crippen LogP contribution in [0.5, 0.6) is 11.5 Å². The lowest BCUT2D eigenvalue weighted by Gasteiger charge is -2.11. The second kappa shape index (κ2) is 7.47. The van der Waals surface area contributed by atoms with Crippen molar-refractivity contribution in [2.75, 3.05) is 13.7 Å². The molecule has 0 saturated carbocycles. The molecule has 5 nitrogen and oxygen atoms in total. The summed E-state index contributed by atoms with van der Waals surface area (Å²) in [6.07, 6.45) is 6.40. The van der Waals surface area contributed by atoms with Gasteiger partial charge in [0.25, 0.3) is 0 Å². The van der Waals surface area contributed by atoms with Gasteiger partial charge in [0.05, 0.1) is 13.7 Å². The molecule has 0 saturated heterocycles. The first-order chi connectivity index (χ1) is 10.3. The van der Waals surface area contributed by atoms with Crippen LogP contribution in [-0.2, 0) is 13.0 Å². The summed E-state index contributed by atoms with van der Waals surface area (Å²) >= 11 is 0. The lowest BCUT2D eigenvalue weighted by atomic mass is 10.2. The van der Waals surface area contributed by atoms with Gasteiger partial charge in [0, 0.05) is 30.9 Å². The molecule has 0 atom stereocenters. The van der Waals surface area contributed by atoms with Crippen LogP contribution >= 0.6 is 0 Å². The van der Waals surface area contributed by atoms with Crippen molar-refractivity contribution in [3.05, 3.63) is 42.0 Å². The minimum absolute atomic E-state index is 0.574. The molecule has 2 aromatic rings. The van der Waals surface area contributed by atoms with E-state index in [1.807, 2.05) is 12.4 Å². The zero-order chi connectivity index (χ0) is 15.1. The highest BCUT2D eigenvalue weighted by atomic mass is 16.5. The van der Waals surface area contributed by atoms with Crippen molar-refractivity contribution in [1.29, 1.82) is 0 Å². The minimum Gasteiger partial charge on any atom is -0.493 e. The monoisotopic (exact) mass is 288 g/mol. The third-order valence-electron chi connectivity index (χ3n) is 3.24. The van der Waals surface area contributed by atoms with E-state index in [0.29, 0.717) is 23.7 Å². The van der Waals surface area contributed by atoms with Gasteiger partial charge in [-0.15, -0.1) is 0 Å². The first-order valence-electron chi connectivity index (χ1n) is 7.04. The van der Waals surface area contributed by atoms with Crippen molar-refractivity contribution in [2.45, 2.75) is 26.3 Å². The molecule has 1 aromatic heterocycles. The quantitative estimate of drug-likeness (QED) is 0.553. The van der Waals surface area contributed by atoms with Crippen LogP contribution in [0.3, 0.4) is 0 Å². The van der Waals surface area contributed by atoms with Crippen molar-refractivity contribution in [1.82, 2.24) is 9.55 Å². The molecule has 0 bridgehead atoms. The Morgan fingerprint density at radius 2 is 2.19 bits per heavy atom. The molecule has 0 fully saturated rings. The third-order valence-corrected chi connectivity index (χ3v) is 3.24. The lowest BCUT2D eigenvalue weighted by Crippen LogP contribution is -2.07. The van der Waals surface area contributed by atoms with E-state index < -0.39 is 0 Å². The summed E-state index contributed by atoms with van der Waals surface area (Å²) in [7, 11) is 1.57. The second-order valence-corrected chi connectivity index (χ2v) is 4.62. The lowest BCUT2D eigenvalue weighted by molar-refractivity contribution is 0.112. The van der Waals surface area contributed by atoms with Gasteiger partial charge in [-0.05, 0) is 24.6 Å². The van der Waals surface area contributed by atoms with Crippen LogP contribution in [0.1, 0.15) is 29.5 Å². The predicted molar refractivity (Wildman–Crippen MR) is 80.1 cm³/mol. The third kappa shape index (κ3) is 3.84. The molecule has 21 heavy (non-hydrogen) atoms. The molecule has 1 heterocycles. The summed E-state index contributed by atoms with van der Waals surface area (Å²) in [6.45, 7) is 3.55. The Morgan fingerprint density at radius 3 is 2.90 bits per heavy atom. The maximum absolute atomic E-state index is 10.7. The van der Waals surface area contributed by atoms with E-state index in [9.17, 15) is 4.79 Å². The molecular formula is C16H20N2O3. The Labute approximate surface area is 124 Å². The van der Waals surface area contributed by atoms with Gasteiger partial charge in [-0.3, -0.25) is 4.79 Å². The number of aromatic nitrogens is 2. The number of carbonyl (C=O) groups excluding carboxylic acids is 1. The van der Waals surface area contributed by atoms with E-state index in [4.69, 9.17) is 9.47 Å². The molecule has 1 aromatic carbocycles. The number of ether oxygens (including phenoxy) is 2. The maximum atomic E-state index is 10.7. The molecule has 112 valence electrons. The maximum Gasteiger partial charge on any atom is 0.161 e. The highest BCUT2D eigenvalue weighted by Gasteiger charge is 2.06. The van der Waals surface area contributed by atoms with Crippen LogP contribution in [0.25, 0.3) is 0 Å². The Morgan fingerprint density at radius 1 is 1.33 bits per heavy atom. The summed E-state index contributed by atoms with van der Waals surface area (Å²) in [4.78, 5) is 15.0. The van der Waals surface area contributed by atoms with Gasteiger partial charge in [-0.1, -0.05) is 6.92 Å². The average Bonchev–Trinajstić information content (AvgIpc) is 2.99. The van der Waals surface area contributed by atoms with E-state index in [1.54, 1.807) is 25.3 Å². The zero-order valence-corrected chi connectivity index (χ0v) is 12.4. The summed E-state index contributed by atoms with van der Waals surface area (Å²) in [6, 6.07) is 5.15. The summed E-state index contributed by atoms with van der Waals surface area (Å²) in [5.41, 5.74) is 0.574. The number of imidazole rings is 1. The largest absolute Gasteiger partial charge is 0.493 e. The summed E-state index contributed by atoms with van der Waals surface area (Å²) in [5, 5.41) is 0. The number of carbonyl (C=O) groups is 1. The smallest absolute Gasteiger partial charge is 0.161 e. The Balaban J connectivity index is 1.87. The van der Waals surface area contributed by atoms with Crippen LogP contribution in [0, 0.1) is 0 Å². The molecular weight excluding hydrogens is 268 g/mol. The van der Waals surface area contributed by atoms with Gasteiger partial charge in [0.15, 0.2) is 11.5 Å². The van der Waals surface area contributed by atoms with Crippen LogP contribution in [0.4, 0.5) is 0 Å². The molecule has 5 heteroatoms. The van der Waals surface area contributed by atoms with Crippen molar-refractivity contribution >= 4 is 6.29 Å². The van der Waals surface area contributed by atoms with E-state index in [1.165, 1.54) is 0 Å². The summed E-state index contributed by atoms with van der Waals surface area (Å²) in [5.74, 6) is 2.32. The topological polar surface area (TPSA) is 53.4 Å². The number of nitrogens with zero attached hydrogens (tertiary/aromatic N) is 2. The first-order valence-corrected chi connectivity index (χ1v) is 7.04. The molecule has 0 aliphatic heterocycles. The summed E-state index contributed by atoms with van der Waals surface area (Å²) < 4.78 is 13.1. The van der Waals surface area contributed by atoms with Crippen LogP contribution in [-0.4, -0.2) is 29.6 Å². The Hall–Kier alpha value is -2.30. The predicted octanol–water partition coefficient (Wildman–Crippen LogP) is 2.74. The standard InChI is InChI=1S/C16H20N2O3/c1-3-16-17-7-9-18(16)8-4-10-21-14-6-5-13(12-19)11-15(14)20-2/h5-7,9,11-12H,3-4,8,10H2,1-2H3. The highest BCUT2D eigenvalue weighted by molar-refractivity contribution is 5.76.